The molecular weight excluding hydrogens is 340 g/mol. The van der Waals surface area contributed by atoms with Gasteiger partial charge in [-0.1, -0.05) is 12.1 Å². The van der Waals surface area contributed by atoms with Crippen molar-refractivity contribution in [1.82, 2.24) is 9.80 Å². The van der Waals surface area contributed by atoms with E-state index in [9.17, 15) is 9.59 Å². The van der Waals surface area contributed by atoms with Crippen LogP contribution in [-0.2, 0) is 14.3 Å². The van der Waals surface area contributed by atoms with E-state index >= 15 is 0 Å². The quantitative estimate of drug-likeness (QED) is 0.722. The van der Waals surface area contributed by atoms with Gasteiger partial charge in [-0.15, -0.1) is 11.8 Å². The van der Waals surface area contributed by atoms with Gasteiger partial charge in [-0.3, -0.25) is 9.59 Å². The highest BCUT2D eigenvalue weighted by Crippen LogP contribution is 2.38. The number of esters is 1. The third-order valence-electron chi connectivity index (χ3n) is 3.79. The van der Waals surface area contributed by atoms with Crippen molar-refractivity contribution in [2.24, 2.45) is 0 Å². The fourth-order valence-corrected chi connectivity index (χ4v) is 3.48. The zero-order valence-electron chi connectivity index (χ0n) is 15.0. The maximum Gasteiger partial charge on any atom is 0.303 e. The average molecular weight is 364 g/mol. The standard InChI is InChI=1S/C18H24N2O4S/c1-13(21)24-16-17(14-5-7-15(23-4)8-6-14)25-12-11-20(18(16)22)10-9-19(2)3/h5-8,11-12,16-17H,9-10H2,1-4H3/t16-,17+/m1/s1. The van der Waals surface area contributed by atoms with E-state index in [1.165, 1.54) is 18.7 Å². The van der Waals surface area contributed by atoms with E-state index < -0.39 is 12.1 Å². The molecule has 1 aliphatic heterocycles. The van der Waals surface area contributed by atoms with E-state index in [1.54, 1.807) is 18.2 Å². The summed E-state index contributed by atoms with van der Waals surface area (Å²) >= 11 is 1.47. The van der Waals surface area contributed by atoms with Crippen LogP contribution in [0.2, 0.25) is 0 Å². The molecule has 136 valence electrons. The summed E-state index contributed by atoms with van der Waals surface area (Å²) in [4.78, 5) is 28.1. The lowest BCUT2D eigenvalue weighted by Gasteiger charge is -2.27. The first-order valence-corrected chi connectivity index (χ1v) is 8.95. The van der Waals surface area contributed by atoms with Crippen LogP contribution in [0.5, 0.6) is 5.75 Å². The first kappa shape index (κ1) is 19.3. The molecule has 0 radical (unpaired) electrons. The highest BCUT2D eigenvalue weighted by molar-refractivity contribution is 8.02. The fraction of sp³-hybridized carbons (Fsp3) is 0.444. The zero-order chi connectivity index (χ0) is 18.4. The first-order chi connectivity index (χ1) is 11.9. The Balaban J connectivity index is 2.27. The summed E-state index contributed by atoms with van der Waals surface area (Å²) in [6.07, 6.45) is 0.893. The number of nitrogens with zero attached hydrogens (tertiary/aromatic N) is 2. The van der Waals surface area contributed by atoms with Crippen LogP contribution in [0.1, 0.15) is 17.7 Å². The number of benzene rings is 1. The lowest BCUT2D eigenvalue weighted by atomic mass is 10.1. The molecule has 1 aliphatic rings. The number of rotatable bonds is 6. The van der Waals surface area contributed by atoms with Crippen LogP contribution in [0.15, 0.2) is 35.9 Å². The zero-order valence-corrected chi connectivity index (χ0v) is 15.8. The van der Waals surface area contributed by atoms with Crippen molar-refractivity contribution in [2.45, 2.75) is 18.3 Å². The molecule has 0 unspecified atom stereocenters. The predicted octanol–water partition coefficient (Wildman–Crippen LogP) is 2.28. The van der Waals surface area contributed by atoms with E-state index in [0.29, 0.717) is 6.54 Å². The average Bonchev–Trinajstić information content (AvgIpc) is 2.73. The lowest BCUT2D eigenvalue weighted by molar-refractivity contribution is -0.157. The van der Waals surface area contributed by atoms with Gasteiger partial charge in [0.1, 0.15) is 5.75 Å². The van der Waals surface area contributed by atoms with Crippen LogP contribution < -0.4 is 4.74 Å². The third-order valence-corrected chi connectivity index (χ3v) is 4.88. The maximum absolute atomic E-state index is 12.9. The van der Waals surface area contributed by atoms with Crippen LogP contribution in [0.3, 0.4) is 0 Å². The minimum absolute atomic E-state index is 0.209. The van der Waals surface area contributed by atoms with Crippen molar-refractivity contribution in [3.8, 4) is 5.75 Å². The summed E-state index contributed by atoms with van der Waals surface area (Å²) in [5, 5.41) is 1.58. The topological polar surface area (TPSA) is 59.1 Å². The van der Waals surface area contributed by atoms with Crippen LogP contribution in [0.25, 0.3) is 0 Å². The Kier molecular flexibility index (Phi) is 6.90. The highest BCUT2D eigenvalue weighted by atomic mass is 32.2. The van der Waals surface area contributed by atoms with Crippen molar-refractivity contribution in [1.29, 1.82) is 0 Å². The number of amides is 1. The molecule has 2 rings (SSSR count). The van der Waals surface area contributed by atoms with Gasteiger partial charge >= 0.3 is 5.97 Å². The van der Waals surface area contributed by atoms with Gasteiger partial charge in [0.2, 0.25) is 0 Å². The van der Waals surface area contributed by atoms with Gasteiger partial charge in [0.15, 0.2) is 6.10 Å². The van der Waals surface area contributed by atoms with E-state index in [-0.39, 0.29) is 11.2 Å². The summed E-state index contributed by atoms with van der Waals surface area (Å²) in [6, 6.07) is 7.46. The van der Waals surface area contributed by atoms with Gasteiger partial charge in [-0.25, -0.2) is 0 Å². The van der Waals surface area contributed by atoms with Crippen molar-refractivity contribution in [2.75, 3.05) is 34.3 Å². The Hall–Kier alpha value is -1.99. The molecular formula is C18H24N2O4S. The third kappa shape index (κ3) is 5.24. The highest BCUT2D eigenvalue weighted by Gasteiger charge is 2.36. The summed E-state index contributed by atoms with van der Waals surface area (Å²) in [7, 11) is 5.50. The smallest absolute Gasteiger partial charge is 0.303 e. The molecule has 1 aromatic rings. The van der Waals surface area contributed by atoms with Gasteiger partial charge in [-0.05, 0) is 37.2 Å². The van der Waals surface area contributed by atoms with Crippen molar-refractivity contribution in [3.63, 3.8) is 0 Å². The fourth-order valence-electron chi connectivity index (χ4n) is 2.46. The number of ether oxygens (including phenoxy) is 2. The number of methoxy groups -OCH3 is 1. The molecule has 25 heavy (non-hydrogen) atoms. The number of thioether (sulfide) groups is 1. The van der Waals surface area contributed by atoms with E-state index in [2.05, 4.69) is 0 Å². The molecule has 1 aromatic carbocycles. The molecule has 0 N–H and O–H groups in total. The lowest BCUT2D eigenvalue weighted by Crippen LogP contribution is -2.42. The number of carbonyl (C=O) groups is 2. The number of likely N-dealkylation sites (N-methyl/N-ethyl adjacent to an activating group) is 1. The SMILES string of the molecule is COc1ccc([C@@H]2SC=CN(CCN(C)C)C(=O)[C@@H]2OC(C)=O)cc1. The van der Waals surface area contributed by atoms with Gasteiger partial charge in [0, 0.05) is 26.2 Å². The number of hydrogen-bond acceptors (Lipinski definition) is 6. The summed E-state index contributed by atoms with van der Waals surface area (Å²) in [6.45, 7) is 2.59. The Labute approximate surface area is 152 Å². The normalized spacial score (nSPS) is 20.5. The molecule has 0 fully saturated rings. The van der Waals surface area contributed by atoms with E-state index in [1.807, 2.05) is 48.7 Å². The van der Waals surface area contributed by atoms with Crippen LogP contribution in [0.4, 0.5) is 0 Å². The maximum atomic E-state index is 12.9. The molecule has 7 heteroatoms. The summed E-state index contributed by atoms with van der Waals surface area (Å²) < 4.78 is 10.6. The molecule has 0 saturated heterocycles. The van der Waals surface area contributed by atoms with Crippen LogP contribution in [-0.4, -0.2) is 62.1 Å². The molecule has 1 heterocycles. The largest absolute Gasteiger partial charge is 0.497 e. The Bertz CT molecular complexity index is 630. The molecule has 1 amide bonds. The molecule has 2 atom stereocenters. The first-order valence-electron chi connectivity index (χ1n) is 8.01. The van der Waals surface area contributed by atoms with Crippen LogP contribution in [0, 0.1) is 0 Å². The van der Waals surface area contributed by atoms with Gasteiger partial charge in [0.05, 0.1) is 12.4 Å². The number of hydrogen-bond donors (Lipinski definition) is 0. The second kappa shape index (κ2) is 8.92. The van der Waals surface area contributed by atoms with Crippen LogP contribution >= 0.6 is 11.8 Å². The molecule has 0 bridgehead atoms. The molecule has 0 spiro atoms. The summed E-state index contributed by atoms with van der Waals surface area (Å²) in [5.41, 5.74) is 0.907. The minimum Gasteiger partial charge on any atom is -0.497 e. The molecule has 0 aromatic heterocycles. The summed E-state index contributed by atoms with van der Waals surface area (Å²) in [5.74, 6) is 0.0620. The molecule has 0 aliphatic carbocycles. The minimum atomic E-state index is -0.868. The molecule has 6 nitrogen and oxygen atoms in total. The van der Waals surface area contributed by atoms with Crippen molar-refractivity contribution >= 4 is 23.6 Å². The Morgan fingerprint density at radius 1 is 1.28 bits per heavy atom. The Morgan fingerprint density at radius 3 is 2.52 bits per heavy atom. The van der Waals surface area contributed by atoms with Gasteiger partial charge in [0.25, 0.3) is 5.91 Å². The Morgan fingerprint density at radius 2 is 1.96 bits per heavy atom. The predicted molar refractivity (Wildman–Crippen MR) is 98.3 cm³/mol. The van der Waals surface area contributed by atoms with Gasteiger partial charge < -0.3 is 19.3 Å². The van der Waals surface area contributed by atoms with Crippen molar-refractivity contribution in [3.05, 3.63) is 41.4 Å². The van der Waals surface area contributed by atoms with E-state index in [4.69, 9.17) is 9.47 Å². The number of carbonyl (C=O) groups excluding carboxylic acids is 2. The van der Waals surface area contributed by atoms with Crippen molar-refractivity contribution < 1.29 is 19.1 Å². The molecule has 0 saturated carbocycles. The van der Waals surface area contributed by atoms with E-state index in [0.717, 1.165) is 17.9 Å². The van der Waals surface area contributed by atoms with Gasteiger partial charge in [-0.2, -0.15) is 0 Å². The second-order valence-corrected chi connectivity index (χ2v) is 7.03. The monoisotopic (exact) mass is 364 g/mol. The second-order valence-electron chi connectivity index (χ2n) is 5.98.